The number of carboxylic acid groups (broad SMARTS) is 1. The van der Waals surface area contributed by atoms with Crippen LogP contribution in [-0.2, 0) is 11.2 Å². The average Bonchev–Trinajstić information content (AvgIpc) is 2.04. The van der Waals surface area contributed by atoms with Gasteiger partial charge in [0.15, 0.2) is 0 Å². The average molecular weight is 181 g/mol. The van der Waals surface area contributed by atoms with E-state index < -0.39 is 11.9 Å². The van der Waals surface area contributed by atoms with E-state index in [9.17, 15) is 9.59 Å². The summed E-state index contributed by atoms with van der Waals surface area (Å²) in [5.41, 5.74) is 5.09. The first-order chi connectivity index (χ1) is 6.09. The molecule has 0 radical (unpaired) electrons. The summed E-state index contributed by atoms with van der Waals surface area (Å²) in [6.07, 6.45) is 2.14. The molecule has 0 bridgehead atoms. The summed E-state index contributed by atoms with van der Waals surface area (Å²) in [6, 6.07) is 0. The topological polar surface area (TPSA) is 106 Å². The van der Waals surface area contributed by atoms with Crippen molar-refractivity contribution in [3.8, 4) is 0 Å². The highest BCUT2D eigenvalue weighted by molar-refractivity contribution is 5.92. The fraction of sp³-hybridized carbons (Fsp3) is 0.143. The van der Waals surface area contributed by atoms with E-state index in [1.165, 1.54) is 12.4 Å². The molecule has 0 unspecified atom stereocenters. The molecular weight excluding hydrogens is 174 g/mol. The molecule has 1 aromatic heterocycles. The number of carbonyl (C=O) groups excluding carboxylic acids is 1. The largest absolute Gasteiger partial charge is 0.481 e. The number of carboxylic acids is 1. The predicted molar refractivity (Wildman–Crippen MR) is 41.9 cm³/mol. The molecular formula is C7H7N3O3. The predicted octanol–water partition coefficient (Wildman–Crippen LogP) is -0.797. The molecule has 1 aromatic rings. The lowest BCUT2D eigenvalue weighted by Crippen LogP contribution is -2.13. The summed E-state index contributed by atoms with van der Waals surface area (Å²) >= 11 is 0. The van der Waals surface area contributed by atoms with Gasteiger partial charge in [0.05, 0.1) is 5.56 Å². The first kappa shape index (κ1) is 9.11. The van der Waals surface area contributed by atoms with Crippen molar-refractivity contribution in [3.63, 3.8) is 0 Å². The monoisotopic (exact) mass is 181 g/mol. The number of amides is 1. The molecule has 3 N–H and O–H groups in total. The maximum absolute atomic E-state index is 10.6. The van der Waals surface area contributed by atoms with E-state index in [1.54, 1.807) is 0 Å². The van der Waals surface area contributed by atoms with Gasteiger partial charge in [-0.2, -0.15) is 0 Å². The van der Waals surface area contributed by atoms with Gasteiger partial charge in [-0.1, -0.05) is 0 Å². The van der Waals surface area contributed by atoms with Crippen LogP contribution in [0.1, 0.15) is 16.2 Å². The fourth-order valence-corrected chi connectivity index (χ4v) is 0.709. The Bertz CT molecular complexity index is 333. The van der Waals surface area contributed by atoms with Crippen molar-refractivity contribution in [2.24, 2.45) is 5.73 Å². The van der Waals surface area contributed by atoms with Gasteiger partial charge in [-0.3, -0.25) is 9.59 Å². The van der Waals surface area contributed by atoms with E-state index in [1.807, 2.05) is 0 Å². The molecule has 13 heavy (non-hydrogen) atoms. The third-order valence-electron chi connectivity index (χ3n) is 1.30. The van der Waals surface area contributed by atoms with Gasteiger partial charge in [-0.25, -0.2) is 9.97 Å². The van der Waals surface area contributed by atoms with E-state index >= 15 is 0 Å². The van der Waals surface area contributed by atoms with E-state index in [0.29, 0.717) is 0 Å². The SMILES string of the molecule is NC(=O)c1cnc(CC(=O)O)nc1. The minimum atomic E-state index is -1.02. The maximum Gasteiger partial charge on any atom is 0.311 e. The lowest BCUT2D eigenvalue weighted by molar-refractivity contribution is -0.136. The van der Waals surface area contributed by atoms with E-state index in [0.717, 1.165) is 0 Å². The van der Waals surface area contributed by atoms with Crippen LogP contribution in [0.3, 0.4) is 0 Å². The van der Waals surface area contributed by atoms with E-state index in [-0.39, 0.29) is 17.8 Å². The molecule has 0 saturated carbocycles. The third-order valence-corrected chi connectivity index (χ3v) is 1.30. The molecule has 1 heterocycles. The standard InChI is InChI=1S/C7H7N3O3/c8-7(13)4-2-9-5(10-3-4)1-6(11)12/h2-3H,1H2,(H2,8,13)(H,11,12). The Labute approximate surface area is 73.4 Å². The number of aromatic nitrogens is 2. The normalized spacial score (nSPS) is 9.54. The van der Waals surface area contributed by atoms with Crippen LogP contribution in [0.2, 0.25) is 0 Å². The summed E-state index contributed by atoms with van der Waals surface area (Å²) in [5, 5.41) is 8.37. The number of rotatable bonds is 3. The molecule has 0 aromatic carbocycles. The smallest absolute Gasteiger partial charge is 0.311 e. The number of primary amides is 1. The first-order valence-corrected chi connectivity index (χ1v) is 3.42. The number of hydrogen-bond donors (Lipinski definition) is 2. The summed E-state index contributed by atoms with van der Waals surface area (Å²) in [5.74, 6) is -1.51. The number of hydrogen-bond acceptors (Lipinski definition) is 4. The molecule has 0 fully saturated rings. The highest BCUT2D eigenvalue weighted by Crippen LogP contribution is 1.95. The number of carbonyl (C=O) groups is 2. The minimum Gasteiger partial charge on any atom is -0.481 e. The molecule has 6 heteroatoms. The molecule has 0 spiro atoms. The lowest BCUT2D eigenvalue weighted by atomic mass is 10.3. The van der Waals surface area contributed by atoms with Gasteiger partial charge in [0, 0.05) is 12.4 Å². The van der Waals surface area contributed by atoms with E-state index in [4.69, 9.17) is 10.8 Å². The van der Waals surface area contributed by atoms with Gasteiger partial charge >= 0.3 is 5.97 Å². The Hall–Kier alpha value is -1.98. The van der Waals surface area contributed by atoms with Crippen LogP contribution in [0.25, 0.3) is 0 Å². The lowest BCUT2D eigenvalue weighted by Gasteiger charge is -1.96. The highest BCUT2D eigenvalue weighted by Gasteiger charge is 2.05. The Kier molecular flexibility index (Phi) is 2.53. The Morgan fingerprint density at radius 1 is 1.38 bits per heavy atom. The molecule has 6 nitrogen and oxygen atoms in total. The van der Waals surface area contributed by atoms with Gasteiger partial charge in [0.2, 0.25) is 0 Å². The molecule has 0 aliphatic rings. The Morgan fingerprint density at radius 3 is 2.31 bits per heavy atom. The van der Waals surface area contributed by atoms with Crippen LogP contribution < -0.4 is 5.73 Å². The summed E-state index contributed by atoms with van der Waals surface area (Å²) in [4.78, 5) is 28.1. The van der Waals surface area contributed by atoms with Crippen LogP contribution in [0, 0.1) is 0 Å². The van der Waals surface area contributed by atoms with Gasteiger partial charge < -0.3 is 10.8 Å². The summed E-state index contributed by atoms with van der Waals surface area (Å²) in [7, 11) is 0. The zero-order valence-electron chi connectivity index (χ0n) is 6.60. The van der Waals surface area contributed by atoms with Crippen molar-refractivity contribution in [3.05, 3.63) is 23.8 Å². The van der Waals surface area contributed by atoms with Crippen LogP contribution >= 0.6 is 0 Å². The van der Waals surface area contributed by atoms with Crippen LogP contribution in [0.4, 0.5) is 0 Å². The molecule has 0 atom stereocenters. The molecule has 0 aliphatic heterocycles. The molecule has 0 aliphatic carbocycles. The number of aliphatic carboxylic acids is 1. The fourth-order valence-electron chi connectivity index (χ4n) is 0.709. The number of nitrogens with two attached hydrogens (primary N) is 1. The second kappa shape index (κ2) is 3.61. The van der Waals surface area contributed by atoms with Gasteiger partial charge in [-0.05, 0) is 0 Å². The van der Waals surface area contributed by atoms with Crippen molar-refractivity contribution in [2.45, 2.75) is 6.42 Å². The molecule has 68 valence electrons. The van der Waals surface area contributed by atoms with Crippen molar-refractivity contribution < 1.29 is 14.7 Å². The van der Waals surface area contributed by atoms with Crippen molar-refractivity contribution in [1.29, 1.82) is 0 Å². The molecule has 0 saturated heterocycles. The summed E-state index contributed by atoms with van der Waals surface area (Å²) < 4.78 is 0. The highest BCUT2D eigenvalue weighted by atomic mass is 16.4. The quantitative estimate of drug-likeness (QED) is 0.635. The van der Waals surface area contributed by atoms with Crippen LogP contribution in [0.5, 0.6) is 0 Å². The van der Waals surface area contributed by atoms with Crippen molar-refractivity contribution in [2.75, 3.05) is 0 Å². The summed E-state index contributed by atoms with van der Waals surface area (Å²) in [6.45, 7) is 0. The molecule has 1 rings (SSSR count). The third kappa shape index (κ3) is 2.51. The Morgan fingerprint density at radius 2 is 1.92 bits per heavy atom. The number of nitrogens with zero attached hydrogens (tertiary/aromatic N) is 2. The van der Waals surface area contributed by atoms with E-state index in [2.05, 4.69) is 9.97 Å². The van der Waals surface area contributed by atoms with Gasteiger partial charge in [0.1, 0.15) is 12.2 Å². The maximum atomic E-state index is 10.6. The van der Waals surface area contributed by atoms with Gasteiger partial charge in [-0.15, -0.1) is 0 Å². The van der Waals surface area contributed by atoms with Crippen LogP contribution in [-0.4, -0.2) is 27.0 Å². The van der Waals surface area contributed by atoms with Gasteiger partial charge in [0.25, 0.3) is 5.91 Å². The second-order valence-electron chi connectivity index (χ2n) is 2.32. The second-order valence-corrected chi connectivity index (χ2v) is 2.32. The minimum absolute atomic E-state index is 0.150. The Balaban J connectivity index is 2.81. The zero-order valence-corrected chi connectivity index (χ0v) is 6.60. The van der Waals surface area contributed by atoms with Crippen molar-refractivity contribution in [1.82, 2.24) is 9.97 Å². The van der Waals surface area contributed by atoms with Crippen molar-refractivity contribution >= 4 is 11.9 Å². The zero-order chi connectivity index (χ0) is 9.84. The molecule has 1 amide bonds. The first-order valence-electron chi connectivity index (χ1n) is 3.42. The van der Waals surface area contributed by atoms with Crippen LogP contribution in [0.15, 0.2) is 12.4 Å².